The molecular weight excluding hydrogens is 294 g/mol. The molecule has 124 valence electrons. The van der Waals surface area contributed by atoms with Crippen LogP contribution in [0.5, 0.6) is 5.75 Å². The largest absolute Gasteiger partial charge is 0.484 e. The van der Waals surface area contributed by atoms with Crippen LogP contribution in [0.25, 0.3) is 0 Å². The Balaban J connectivity index is 1.80. The van der Waals surface area contributed by atoms with Gasteiger partial charge in [0.2, 0.25) is 5.96 Å². The fraction of sp³-hybridized carbons (Fsp3) is 0.438. The monoisotopic (exact) mass is 317 g/mol. The number of hydrogen-bond donors (Lipinski definition) is 2. The molecule has 0 saturated carbocycles. The summed E-state index contributed by atoms with van der Waals surface area (Å²) in [4.78, 5) is 14.0. The Kier molecular flexibility index (Phi) is 5.96. The zero-order valence-corrected chi connectivity index (χ0v) is 13.3. The van der Waals surface area contributed by atoms with E-state index in [0.717, 1.165) is 31.5 Å². The lowest BCUT2D eigenvalue weighted by atomic mass is 9.99. The van der Waals surface area contributed by atoms with Crippen molar-refractivity contribution in [2.45, 2.75) is 19.8 Å². The molecule has 0 unspecified atom stereocenters. The second kappa shape index (κ2) is 8.17. The summed E-state index contributed by atoms with van der Waals surface area (Å²) < 4.78 is 5.54. The number of amides is 1. The molecular formula is C16H23N5O2. The number of carbonyl (C=O) groups excluding carboxylic acids is 1. The standard InChI is InChI=1S/C16H23N5O2/c1-12-6-8-21(9-7-12)15(22)11-23-14-4-2-13(3-5-14)10-19-20-16(17)18/h2-5,10,12H,6-9,11H2,1H3,(H4,17,18,20). The van der Waals surface area contributed by atoms with Crippen LogP contribution >= 0.6 is 0 Å². The van der Waals surface area contributed by atoms with Gasteiger partial charge in [-0.1, -0.05) is 6.92 Å². The van der Waals surface area contributed by atoms with Gasteiger partial charge in [0.25, 0.3) is 5.91 Å². The third-order valence-corrected chi connectivity index (χ3v) is 3.76. The Bertz CT molecular complexity index is 571. The average Bonchev–Trinajstić information content (AvgIpc) is 2.54. The van der Waals surface area contributed by atoms with Crippen LogP contribution in [0.4, 0.5) is 0 Å². The van der Waals surface area contributed by atoms with Gasteiger partial charge in [0.05, 0.1) is 6.21 Å². The molecule has 1 aliphatic rings. The highest BCUT2D eigenvalue weighted by Gasteiger charge is 2.20. The van der Waals surface area contributed by atoms with E-state index in [2.05, 4.69) is 17.1 Å². The molecule has 2 rings (SSSR count). The molecule has 0 radical (unpaired) electrons. The minimum absolute atomic E-state index is 0.0373. The lowest BCUT2D eigenvalue weighted by Crippen LogP contribution is -2.40. The fourth-order valence-corrected chi connectivity index (χ4v) is 2.31. The Morgan fingerprint density at radius 2 is 1.96 bits per heavy atom. The van der Waals surface area contributed by atoms with Gasteiger partial charge in [0.15, 0.2) is 6.61 Å². The first-order valence-electron chi connectivity index (χ1n) is 7.67. The van der Waals surface area contributed by atoms with Crippen LogP contribution in [0, 0.1) is 5.92 Å². The van der Waals surface area contributed by atoms with E-state index in [1.54, 1.807) is 12.1 Å². The van der Waals surface area contributed by atoms with Crippen LogP contribution in [-0.2, 0) is 4.79 Å². The summed E-state index contributed by atoms with van der Waals surface area (Å²) in [6, 6.07) is 7.19. The van der Waals surface area contributed by atoms with Crippen LogP contribution in [-0.4, -0.2) is 42.7 Å². The Morgan fingerprint density at radius 3 is 2.57 bits per heavy atom. The maximum Gasteiger partial charge on any atom is 0.260 e. The van der Waals surface area contributed by atoms with E-state index in [-0.39, 0.29) is 18.5 Å². The molecule has 0 aromatic heterocycles. The number of guanidine groups is 1. The van der Waals surface area contributed by atoms with E-state index < -0.39 is 0 Å². The second-order valence-electron chi connectivity index (χ2n) is 5.69. The Labute approximate surface area is 136 Å². The summed E-state index contributed by atoms with van der Waals surface area (Å²) >= 11 is 0. The molecule has 0 aliphatic carbocycles. The Morgan fingerprint density at radius 1 is 1.30 bits per heavy atom. The topological polar surface area (TPSA) is 106 Å². The molecule has 7 heteroatoms. The molecule has 1 heterocycles. The van der Waals surface area contributed by atoms with Gasteiger partial charge in [-0.05, 0) is 48.6 Å². The van der Waals surface area contributed by atoms with Crippen LogP contribution < -0.4 is 16.2 Å². The summed E-state index contributed by atoms with van der Waals surface area (Å²) in [6.45, 7) is 3.93. The number of nitrogens with zero attached hydrogens (tertiary/aromatic N) is 3. The normalized spacial score (nSPS) is 15.6. The van der Waals surface area contributed by atoms with E-state index >= 15 is 0 Å². The minimum atomic E-state index is -0.0909. The van der Waals surface area contributed by atoms with Gasteiger partial charge in [-0.25, -0.2) is 0 Å². The zero-order chi connectivity index (χ0) is 16.7. The SMILES string of the molecule is CC1CCN(C(=O)COc2ccc(C=NN=C(N)N)cc2)CC1. The lowest BCUT2D eigenvalue weighted by Gasteiger charge is -2.30. The summed E-state index contributed by atoms with van der Waals surface area (Å²) in [7, 11) is 0. The van der Waals surface area contributed by atoms with Crippen molar-refractivity contribution in [2.24, 2.45) is 27.6 Å². The molecule has 1 amide bonds. The number of likely N-dealkylation sites (tertiary alicyclic amines) is 1. The number of carbonyl (C=O) groups is 1. The zero-order valence-electron chi connectivity index (χ0n) is 13.3. The van der Waals surface area contributed by atoms with Crippen molar-refractivity contribution in [1.29, 1.82) is 0 Å². The lowest BCUT2D eigenvalue weighted by molar-refractivity contribution is -0.134. The van der Waals surface area contributed by atoms with Crippen molar-refractivity contribution in [3.8, 4) is 5.75 Å². The first kappa shape index (κ1) is 16.8. The quantitative estimate of drug-likeness (QED) is 0.478. The van der Waals surface area contributed by atoms with Gasteiger partial charge < -0.3 is 21.1 Å². The van der Waals surface area contributed by atoms with E-state index in [0.29, 0.717) is 11.7 Å². The number of benzene rings is 1. The molecule has 23 heavy (non-hydrogen) atoms. The maximum atomic E-state index is 12.1. The van der Waals surface area contributed by atoms with Crippen molar-refractivity contribution in [3.63, 3.8) is 0 Å². The van der Waals surface area contributed by atoms with E-state index in [1.165, 1.54) is 6.21 Å². The highest BCUT2D eigenvalue weighted by molar-refractivity contribution is 5.81. The summed E-state index contributed by atoms with van der Waals surface area (Å²) in [5.41, 5.74) is 11.2. The summed E-state index contributed by atoms with van der Waals surface area (Å²) in [5.74, 6) is 1.29. The molecule has 7 nitrogen and oxygen atoms in total. The molecule has 1 aromatic carbocycles. The van der Waals surface area contributed by atoms with Crippen molar-refractivity contribution >= 4 is 18.1 Å². The first-order chi connectivity index (χ1) is 11.0. The number of rotatable bonds is 5. The molecule has 0 bridgehead atoms. The molecule has 1 aromatic rings. The Hall–Kier alpha value is -2.57. The van der Waals surface area contributed by atoms with Crippen LogP contribution in [0.3, 0.4) is 0 Å². The van der Waals surface area contributed by atoms with E-state index in [1.807, 2.05) is 17.0 Å². The van der Waals surface area contributed by atoms with Gasteiger partial charge >= 0.3 is 0 Å². The molecule has 0 spiro atoms. The second-order valence-corrected chi connectivity index (χ2v) is 5.69. The van der Waals surface area contributed by atoms with E-state index in [9.17, 15) is 4.79 Å². The smallest absolute Gasteiger partial charge is 0.260 e. The predicted molar refractivity (Wildman–Crippen MR) is 90.3 cm³/mol. The number of ether oxygens (including phenoxy) is 1. The molecule has 4 N–H and O–H groups in total. The predicted octanol–water partition coefficient (Wildman–Crippen LogP) is 0.931. The first-order valence-corrected chi connectivity index (χ1v) is 7.67. The third-order valence-electron chi connectivity index (χ3n) is 3.76. The minimum Gasteiger partial charge on any atom is -0.484 e. The van der Waals surface area contributed by atoms with Gasteiger partial charge in [-0.2, -0.15) is 5.10 Å². The molecule has 1 aliphatic heterocycles. The number of piperidine rings is 1. The van der Waals surface area contributed by atoms with Crippen molar-refractivity contribution in [1.82, 2.24) is 4.90 Å². The number of hydrogen-bond acceptors (Lipinski definition) is 4. The van der Waals surface area contributed by atoms with E-state index in [4.69, 9.17) is 16.2 Å². The maximum absolute atomic E-state index is 12.1. The highest BCUT2D eigenvalue weighted by Crippen LogP contribution is 2.16. The van der Waals surface area contributed by atoms with Crippen LogP contribution in [0.1, 0.15) is 25.3 Å². The summed E-state index contributed by atoms with van der Waals surface area (Å²) in [6.07, 6.45) is 3.66. The van der Waals surface area contributed by atoms with Gasteiger partial charge in [0, 0.05) is 13.1 Å². The molecule has 1 saturated heterocycles. The number of nitrogens with two attached hydrogens (primary N) is 2. The van der Waals surface area contributed by atoms with Crippen molar-refractivity contribution in [2.75, 3.05) is 19.7 Å². The van der Waals surface area contributed by atoms with Crippen molar-refractivity contribution < 1.29 is 9.53 Å². The van der Waals surface area contributed by atoms with Crippen molar-refractivity contribution in [3.05, 3.63) is 29.8 Å². The van der Waals surface area contributed by atoms with Gasteiger partial charge in [0.1, 0.15) is 5.75 Å². The van der Waals surface area contributed by atoms with Crippen LogP contribution in [0.2, 0.25) is 0 Å². The highest BCUT2D eigenvalue weighted by atomic mass is 16.5. The summed E-state index contributed by atoms with van der Waals surface area (Å²) in [5, 5.41) is 7.24. The fourth-order valence-electron chi connectivity index (χ4n) is 2.31. The average molecular weight is 317 g/mol. The van der Waals surface area contributed by atoms with Crippen LogP contribution in [0.15, 0.2) is 34.5 Å². The molecule has 0 atom stereocenters. The third kappa shape index (κ3) is 5.61. The van der Waals surface area contributed by atoms with Gasteiger partial charge in [-0.3, -0.25) is 4.79 Å². The van der Waals surface area contributed by atoms with Gasteiger partial charge in [-0.15, -0.1) is 5.10 Å². The molecule has 1 fully saturated rings.